The van der Waals surface area contributed by atoms with E-state index in [9.17, 15) is 0 Å². The van der Waals surface area contributed by atoms with Crippen LogP contribution in [0.25, 0.3) is 0 Å². The Morgan fingerprint density at radius 2 is 2.40 bits per heavy atom. The van der Waals surface area contributed by atoms with Gasteiger partial charge in [0.15, 0.2) is 0 Å². The van der Waals surface area contributed by atoms with Crippen LogP contribution in [0.4, 0.5) is 0 Å². The van der Waals surface area contributed by atoms with Crippen molar-refractivity contribution >= 4 is 12.0 Å². The van der Waals surface area contributed by atoms with E-state index in [2.05, 4.69) is 6.58 Å². The Labute approximate surface area is 66.5 Å². The second-order valence-corrected chi connectivity index (χ2v) is 3.11. The number of aliphatic hydroxyl groups is 1. The largest absolute Gasteiger partial charge is 0.391 e. The van der Waals surface area contributed by atoms with Crippen LogP contribution in [0.2, 0.25) is 0 Å². The molecule has 0 aromatic heterocycles. The molecule has 0 aromatic rings. The summed E-state index contributed by atoms with van der Waals surface area (Å²) in [6, 6.07) is 0. The Kier molecular flexibility index (Phi) is 5.78. The minimum Gasteiger partial charge on any atom is -0.391 e. The molecule has 0 saturated heterocycles. The van der Waals surface area contributed by atoms with Crippen LogP contribution in [-0.2, 0) is 4.18 Å². The van der Waals surface area contributed by atoms with E-state index >= 15 is 0 Å². The summed E-state index contributed by atoms with van der Waals surface area (Å²) in [6.07, 6.45) is -0.377. The average Bonchev–Trinajstić information content (AvgIpc) is 1.79. The van der Waals surface area contributed by atoms with E-state index < -0.39 is 0 Å². The lowest BCUT2D eigenvalue weighted by molar-refractivity contribution is 0.135. The van der Waals surface area contributed by atoms with Crippen LogP contribution in [0.1, 0.15) is 13.8 Å². The lowest BCUT2D eigenvalue weighted by Gasteiger charge is -2.03. The highest BCUT2D eigenvalue weighted by Crippen LogP contribution is 2.07. The summed E-state index contributed by atoms with van der Waals surface area (Å²) in [6.45, 7) is 7.73. The van der Waals surface area contributed by atoms with E-state index in [4.69, 9.17) is 9.29 Å². The molecule has 0 spiro atoms. The summed E-state index contributed by atoms with van der Waals surface area (Å²) in [4.78, 5) is 0. The van der Waals surface area contributed by atoms with Gasteiger partial charge in [0.25, 0.3) is 0 Å². The Hall–Kier alpha value is 0.01000. The van der Waals surface area contributed by atoms with Crippen molar-refractivity contribution in [2.75, 3.05) is 12.4 Å². The van der Waals surface area contributed by atoms with Crippen LogP contribution in [0, 0.1) is 0 Å². The van der Waals surface area contributed by atoms with Crippen LogP contribution in [0.15, 0.2) is 12.2 Å². The summed E-state index contributed by atoms with van der Waals surface area (Å²) >= 11 is 1.33. The standard InChI is InChI=1S/C7H14O2S/c1-6(2)5-10-9-4-7(3)8/h7-8H,1,4-5H2,2-3H3. The highest BCUT2D eigenvalue weighted by molar-refractivity contribution is 7.94. The minimum absolute atomic E-state index is 0.377. The van der Waals surface area contributed by atoms with E-state index in [0.717, 1.165) is 11.3 Å². The van der Waals surface area contributed by atoms with Gasteiger partial charge in [-0.3, -0.25) is 0 Å². The van der Waals surface area contributed by atoms with Gasteiger partial charge in [-0.15, -0.1) is 0 Å². The fraction of sp³-hybridized carbons (Fsp3) is 0.714. The van der Waals surface area contributed by atoms with E-state index in [1.54, 1.807) is 6.92 Å². The highest BCUT2D eigenvalue weighted by Gasteiger charge is 1.95. The molecule has 0 heterocycles. The molecule has 0 aliphatic rings. The van der Waals surface area contributed by atoms with Crippen molar-refractivity contribution < 1.29 is 9.29 Å². The number of aliphatic hydroxyl groups excluding tert-OH is 1. The van der Waals surface area contributed by atoms with E-state index in [1.807, 2.05) is 6.92 Å². The third-order valence-corrected chi connectivity index (χ3v) is 1.61. The van der Waals surface area contributed by atoms with Crippen LogP contribution >= 0.6 is 12.0 Å². The molecule has 0 aliphatic carbocycles. The molecule has 1 N–H and O–H groups in total. The predicted octanol–water partition coefficient (Wildman–Crippen LogP) is 1.61. The quantitative estimate of drug-likeness (QED) is 0.378. The molecule has 2 nitrogen and oxygen atoms in total. The van der Waals surface area contributed by atoms with Gasteiger partial charge in [0.1, 0.15) is 0 Å². The molecule has 0 aromatic carbocycles. The molecule has 10 heavy (non-hydrogen) atoms. The third-order valence-electron chi connectivity index (χ3n) is 0.698. The summed E-state index contributed by atoms with van der Waals surface area (Å²) in [5.41, 5.74) is 1.08. The predicted molar refractivity (Wildman–Crippen MR) is 44.9 cm³/mol. The van der Waals surface area contributed by atoms with Crippen molar-refractivity contribution in [2.24, 2.45) is 0 Å². The first-order valence-corrected chi connectivity index (χ1v) is 4.11. The van der Waals surface area contributed by atoms with Gasteiger partial charge in [0, 0.05) is 5.75 Å². The van der Waals surface area contributed by atoms with Crippen molar-refractivity contribution in [1.29, 1.82) is 0 Å². The molecular formula is C7H14O2S. The first-order valence-electron chi connectivity index (χ1n) is 3.19. The smallest absolute Gasteiger partial charge is 0.0870 e. The molecular weight excluding hydrogens is 148 g/mol. The van der Waals surface area contributed by atoms with Crippen molar-refractivity contribution in [3.05, 3.63) is 12.2 Å². The van der Waals surface area contributed by atoms with E-state index in [1.165, 1.54) is 12.0 Å². The van der Waals surface area contributed by atoms with E-state index in [0.29, 0.717) is 6.61 Å². The number of rotatable bonds is 5. The van der Waals surface area contributed by atoms with Crippen LogP contribution < -0.4 is 0 Å². The maximum Gasteiger partial charge on any atom is 0.0870 e. The van der Waals surface area contributed by atoms with Gasteiger partial charge in [-0.1, -0.05) is 12.2 Å². The Balaban J connectivity index is 2.98. The van der Waals surface area contributed by atoms with Crippen molar-refractivity contribution in [3.63, 3.8) is 0 Å². The second-order valence-electron chi connectivity index (χ2n) is 2.35. The fourth-order valence-electron chi connectivity index (χ4n) is 0.289. The molecule has 60 valence electrons. The summed E-state index contributed by atoms with van der Waals surface area (Å²) < 4.78 is 5.01. The molecule has 0 rings (SSSR count). The third kappa shape index (κ3) is 8.01. The van der Waals surface area contributed by atoms with Crippen LogP contribution in [0.3, 0.4) is 0 Å². The van der Waals surface area contributed by atoms with Crippen LogP contribution in [-0.4, -0.2) is 23.6 Å². The van der Waals surface area contributed by atoms with Gasteiger partial charge in [-0.25, -0.2) is 0 Å². The summed E-state index contributed by atoms with van der Waals surface area (Å²) in [5.74, 6) is 0.798. The van der Waals surface area contributed by atoms with Crippen molar-refractivity contribution in [3.8, 4) is 0 Å². The fourth-order valence-corrected chi connectivity index (χ4v) is 0.867. The van der Waals surface area contributed by atoms with Crippen molar-refractivity contribution in [1.82, 2.24) is 0 Å². The molecule has 1 atom stereocenters. The second kappa shape index (κ2) is 5.77. The first kappa shape index (κ1) is 10.0. The van der Waals surface area contributed by atoms with Gasteiger partial charge in [-0.05, 0) is 25.9 Å². The zero-order valence-corrected chi connectivity index (χ0v) is 7.28. The summed E-state index contributed by atoms with van der Waals surface area (Å²) in [5, 5.41) is 8.76. The normalized spacial score (nSPS) is 13.1. The maximum atomic E-state index is 8.76. The average molecular weight is 162 g/mol. The van der Waals surface area contributed by atoms with Gasteiger partial charge in [0.05, 0.1) is 12.7 Å². The molecule has 1 unspecified atom stereocenters. The van der Waals surface area contributed by atoms with Gasteiger partial charge < -0.3 is 9.29 Å². The maximum absolute atomic E-state index is 8.76. The van der Waals surface area contributed by atoms with Gasteiger partial charge in [0.2, 0.25) is 0 Å². The minimum atomic E-state index is -0.377. The molecule has 0 fully saturated rings. The summed E-state index contributed by atoms with van der Waals surface area (Å²) in [7, 11) is 0. The molecule has 0 radical (unpaired) electrons. The Morgan fingerprint density at radius 1 is 1.80 bits per heavy atom. The lowest BCUT2D eigenvalue weighted by atomic mass is 10.4. The Morgan fingerprint density at radius 3 is 2.80 bits per heavy atom. The molecule has 0 aliphatic heterocycles. The van der Waals surface area contributed by atoms with Crippen LogP contribution in [0.5, 0.6) is 0 Å². The number of hydrogen-bond acceptors (Lipinski definition) is 3. The molecule has 3 heteroatoms. The van der Waals surface area contributed by atoms with Gasteiger partial charge >= 0.3 is 0 Å². The lowest BCUT2D eigenvalue weighted by Crippen LogP contribution is -2.07. The van der Waals surface area contributed by atoms with Crippen molar-refractivity contribution in [2.45, 2.75) is 20.0 Å². The molecule has 0 bridgehead atoms. The highest BCUT2D eigenvalue weighted by atomic mass is 32.2. The van der Waals surface area contributed by atoms with Gasteiger partial charge in [-0.2, -0.15) is 0 Å². The first-order chi connectivity index (χ1) is 4.63. The monoisotopic (exact) mass is 162 g/mol. The SMILES string of the molecule is C=C(C)CSOCC(C)O. The topological polar surface area (TPSA) is 29.5 Å². The zero-order chi connectivity index (χ0) is 7.98. The number of hydrogen-bond donors (Lipinski definition) is 1. The Bertz CT molecular complexity index is 102. The zero-order valence-electron chi connectivity index (χ0n) is 6.46. The van der Waals surface area contributed by atoms with E-state index in [-0.39, 0.29) is 6.10 Å². The molecule has 0 saturated carbocycles. The molecule has 0 amide bonds.